The van der Waals surface area contributed by atoms with Crippen LogP contribution in [0.15, 0.2) is 132 Å². The van der Waals surface area contributed by atoms with Gasteiger partial charge in [-0.2, -0.15) is 13.2 Å². The molecule has 0 bridgehead atoms. The van der Waals surface area contributed by atoms with Crippen molar-refractivity contribution in [2.75, 3.05) is 119 Å². The molecular formula is C70H85ClF3N9O6S3. The Balaban J connectivity index is 0.00000429. The van der Waals surface area contributed by atoms with Crippen LogP contribution in [0.2, 0.25) is 5.02 Å². The van der Waals surface area contributed by atoms with Gasteiger partial charge in [-0.25, -0.2) is 0 Å². The van der Waals surface area contributed by atoms with Crippen molar-refractivity contribution in [2.45, 2.75) is 100 Å². The maximum atomic E-state index is 13.4. The molecule has 6 aliphatic heterocycles. The van der Waals surface area contributed by atoms with Crippen LogP contribution in [0.25, 0.3) is 11.1 Å². The number of anilines is 3. The normalized spacial score (nSPS) is 20.9. The third-order valence-corrected chi connectivity index (χ3v) is 21.4. The number of imide groups is 1. The highest BCUT2D eigenvalue weighted by atomic mass is 35.5. The summed E-state index contributed by atoms with van der Waals surface area (Å²) in [5.41, 5.74) is 7.15. The van der Waals surface area contributed by atoms with Crippen LogP contribution in [0, 0.1) is 11.3 Å². The third-order valence-electron chi connectivity index (χ3n) is 19.6. The smallest absolute Gasteiger partial charge is 0.379 e. The first-order valence-electron chi connectivity index (χ1n) is 32.4. The highest BCUT2D eigenvalue weighted by Crippen LogP contribution is 2.50. The summed E-state index contributed by atoms with van der Waals surface area (Å²) in [6, 6.07) is 38.4. The van der Waals surface area contributed by atoms with E-state index >= 15 is 0 Å². The summed E-state index contributed by atoms with van der Waals surface area (Å²) in [4.78, 5) is 58.7. The second kappa shape index (κ2) is 31.7. The number of ether oxygens (including phenoxy) is 1. The lowest BCUT2D eigenvalue weighted by molar-refractivity contribution is -0.136. The van der Waals surface area contributed by atoms with Crippen molar-refractivity contribution in [1.82, 2.24) is 24.9 Å². The van der Waals surface area contributed by atoms with Gasteiger partial charge in [0.25, 0.3) is 5.91 Å². The quantitative estimate of drug-likeness (QED) is 0.0138. The van der Waals surface area contributed by atoms with E-state index in [1.807, 2.05) is 61.5 Å². The van der Waals surface area contributed by atoms with E-state index in [0.717, 1.165) is 166 Å². The number of alkyl halides is 3. The molecule has 1 spiro atoms. The molecule has 5 saturated heterocycles. The lowest BCUT2D eigenvalue weighted by Crippen LogP contribution is -2.52. The molecule has 7 aliphatic rings. The highest BCUT2D eigenvalue weighted by molar-refractivity contribution is 7.99. The number of thiol groups is 1. The Bertz CT molecular complexity index is 3380. The third kappa shape index (κ3) is 17.4. The Hall–Kier alpha value is -5.72. The van der Waals surface area contributed by atoms with Gasteiger partial charge in [-0.3, -0.25) is 34.6 Å². The molecule has 92 heavy (non-hydrogen) atoms. The zero-order valence-corrected chi connectivity index (χ0v) is 55.6. The fourth-order valence-electron chi connectivity index (χ4n) is 14.5. The molecule has 22 heteroatoms. The van der Waals surface area contributed by atoms with Crippen molar-refractivity contribution in [2.24, 2.45) is 16.5 Å². The number of piperazine rings is 1. The summed E-state index contributed by atoms with van der Waals surface area (Å²) in [6.07, 6.45) is 11.5. The van der Waals surface area contributed by atoms with Crippen LogP contribution in [0.1, 0.15) is 104 Å². The van der Waals surface area contributed by atoms with Gasteiger partial charge in [0, 0.05) is 124 Å². The second-order valence-corrected chi connectivity index (χ2v) is 27.6. The van der Waals surface area contributed by atoms with E-state index in [-0.39, 0.29) is 35.9 Å². The molecule has 2 atom stereocenters. The van der Waals surface area contributed by atoms with E-state index in [9.17, 15) is 27.6 Å². The van der Waals surface area contributed by atoms with Gasteiger partial charge < -0.3 is 34.5 Å². The number of nitrogens with two attached hydrogens (primary N) is 1. The molecule has 5 fully saturated rings. The zero-order chi connectivity index (χ0) is 64.2. The van der Waals surface area contributed by atoms with E-state index < -0.39 is 23.6 Å². The maximum Gasteiger partial charge on any atom is 0.471 e. The number of morpholine rings is 1. The monoisotopic (exact) mass is 1340 g/mol. The van der Waals surface area contributed by atoms with Crippen molar-refractivity contribution < 1.29 is 41.5 Å². The van der Waals surface area contributed by atoms with Gasteiger partial charge in [-0.15, -0.1) is 28.9 Å². The first-order valence-corrected chi connectivity index (χ1v) is 35.0. The molecule has 2 unspecified atom stereocenters. The van der Waals surface area contributed by atoms with Crippen LogP contribution in [0.4, 0.5) is 30.2 Å². The number of rotatable bonds is 21. The van der Waals surface area contributed by atoms with Crippen LogP contribution in [-0.4, -0.2) is 159 Å². The Morgan fingerprint density at radius 2 is 1.50 bits per heavy atom. The summed E-state index contributed by atoms with van der Waals surface area (Å²) in [6.45, 7) is 16.3. The second-order valence-electron chi connectivity index (χ2n) is 25.4. The molecule has 4 N–H and O–H groups in total. The van der Waals surface area contributed by atoms with Gasteiger partial charge >= 0.3 is 5.51 Å². The van der Waals surface area contributed by atoms with Crippen LogP contribution in [0.5, 0.6) is 5.75 Å². The minimum atomic E-state index is -4.64. The number of benzene rings is 5. The molecule has 5 aromatic carbocycles. The summed E-state index contributed by atoms with van der Waals surface area (Å²) in [7, 11) is 0. The predicted molar refractivity (Wildman–Crippen MR) is 367 cm³/mol. The molecule has 492 valence electrons. The summed E-state index contributed by atoms with van der Waals surface area (Å²) >= 11 is 10.5. The van der Waals surface area contributed by atoms with E-state index in [4.69, 9.17) is 25.6 Å². The number of nitrogens with one attached hydrogen (secondary N) is 2. The molecule has 0 aromatic heterocycles. The number of carbonyl (C=O) groups is 3. The lowest BCUT2D eigenvalue weighted by atomic mass is 9.65. The van der Waals surface area contributed by atoms with E-state index in [0.29, 0.717) is 48.8 Å². The standard InChI is InChI=1S/C70H82ClF3N8O6S2.H3NS/c1-2-60(52-12-19-63(65(43-52)87-88-90-70(72,73)74)75-56(25-29-77-38-40-86-41-39-77)48-89-59-6-4-3-5-7-59)50-10-15-57(16-11-50)81-36-34-79(35-37-81)46-54-44-69(26-22-61(54)51-8-13-55(71)14-9-51)27-32-78(33-28-69)45-49-23-30-80(31-24-49)58-17-18-62-53(42-58)47-82(68(62)85)64-20-21-66(83)76-67(64)84;1-2/h2-19,42-43,49,56,64,75H,20-41,44-48H2,1H3,(H,76,83,84);2H,1H2. The minimum absolute atomic E-state index is 0.0311. The number of hydrogen-bond acceptors (Lipinski definition) is 16. The van der Waals surface area contributed by atoms with Gasteiger partial charge in [0.05, 0.1) is 18.9 Å². The summed E-state index contributed by atoms with van der Waals surface area (Å²) in [5, 5.41) is 11.0. The number of fused-ring (bicyclic) bond motifs is 1. The van der Waals surface area contributed by atoms with Crippen molar-refractivity contribution in [3.63, 3.8) is 0 Å². The SMILES string of the molecule is CC=C(c1ccc(N2CCN(CC3=C(c4ccc(Cl)cc4)CCC4(CCN(CC5CCN(c6ccc7c(c6)CN(C6CCC(=O)NC6=O)C7=O)CC5)CC4)C3)CC2)cc1)c1ccc(NC(CCN2CCOCC2)CSc2ccccc2)c(OOSC(F)(F)F)c1.NS. The van der Waals surface area contributed by atoms with Gasteiger partial charge in [-0.1, -0.05) is 71.8 Å². The minimum Gasteiger partial charge on any atom is -0.379 e. The molecule has 6 heterocycles. The number of amides is 3. The van der Waals surface area contributed by atoms with E-state index in [1.54, 1.807) is 28.3 Å². The molecule has 0 radical (unpaired) electrons. The van der Waals surface area contributed by atoms with Crippen molar-refractivity contribution in [3.05, 3.63) is 160 Å². The summed E-state index contributed by atoms with van der Waals surface area (Å²) in [5.74, 6) is 0.749. The molecule has 0 saturated carbocycles. The predicted octanol–water partition coefficient (Wildman–Crippen LogP) is 12.9. The van der Waals surface area contributed by atoms with Crippen LogP contribution in [-0.2, 0) is 25.2 Å². The lowest BCUT2D eigenvalue weighted by Gasteiger charge is -2.47. The number of allylic oxidation sites excluding steroid dienone is 2. The number of likely N-dealkylation sites (tertiary alicyclic amines) is 1. The van der Waals surface area contributed by atoms with Crippen LogP contribution < -0.4 is 30.5 Å². The Kier molecular flexibility index (Phi) is 23.3. The zero-order valence-electron chi connectivity index (χ0n) is 52.4. The van der Waals surface area contributed by atoms with E-state index in [2.05, 4.69) is 114 Å². The first kappa shape index (κ1) is 67.7. The van der Waals surface area contributed by atoms with E-state index in [1.165, 1.54) is 30.4 Å². The van der Waals surface area contributed by atoms with Crippen LogP contribution in [0.3, 0.4) is 0 Å². The molecular weight excluding hydrogens is 1250 g/mol. The average molecular weight is 1340 g/mol. The maximum absolute atomic E-state index is 13.4. The van der Waals surface area contributed by atoms with Gasteiger partial charge in [0.2, 0.25) is 11.8 Å². The van der Waals surface area contributed by atoms with Crippen LogP contribution >= 0.6 is 48.2 Å². The van der Waals surface area contributed by atoms with Crippen molar-refractivity contribution in [3.8, 4) is 5.75 Å². The number of thioether (sulfide) groups is 1. The van der Waals surface area contributed by atoms with Crippen molar-refractivity contribution >= 4 is 94.2 Å². The summed E-state index contributed by atoms with van der Waals surface area (Å²) < 4.78 is 50.5. The fraction of sp³-hybridized carbons (Fsp3) is 0.471. The fourth-order valence-corrected chi connectivity index (χ4v) is 15.9. The van der Waals surface area contributed by atoms with Gasteiger partial charge in [-0.05, 0) is 189 Å². The molecule has 1 aliphatic carbocycles. The molecule has 12 rings (SSSR count). The van der Waals surface area contributed by atoms with Crippen molar-refractivity contribution in [1.29, 1.82) is 0 Å². The average Bonchev–Trinajstić information content (AvgIpc) is 1.10. The number of halogens is 4. The highest BCUT2D eigenvalue weighted by Gasteiger charge is 2.42. The van der Waals surface area contributed by atoms with Gasteiger partial charge in [0.1, 0.15) is 6.04 Å². The number of hydrogen-bond donors (Lipinski definition) is 4. The number of nitrogens with zero attached hydrogens (tertiary/aromatic N) is 6. The largest absolute Gasteiger partial charge is 0.471 e. The number of carbonyl (C=O) groups excluding carboxylic acids is 3. The Morgan fingerprint density at radius 1 is 0.793 bits per heavy atom. The molecule has 3 amide bonds. The molecule has 5 aromatic rings. The molecule has 15 nitrogen and oxygen atoms in total. The topological polar surface area (TPSA) is 148 Å². The van der Waals surface area contributed by atoms with Gasteiger partial charge in [0.15, 0.2) is 17.8 Å². The number of piperidine rings is 3. The Labute approximate surface area is 558 Å². The first-order chi connectivity index (χ1) is 44.7. The Morgan fingerprint density at radius 3 is 2.21 bits per heavy atom.